The molecule has 0 heterocycles. The van der Waals surface area contributed by atoms with E-state index in [4.69, 9.17) is 21.2 Å². The minimum atomic E-state index is -1.57. The summed E-state index contributed by atoms with van der Waals surface area (Å²) in [7, 11) is 1.38. The molecule has 0 radical (unpaired) electrons. The molecule has 0 fully saturated rings. The number of hydrogen-bond donors (Lipinski definition) is 0. The molecule has 1 aromatic rings. The third-order valence-electron chi connectivity index (χ3n) is 2.06. The van der Waals surface area contributed by atoms with Crippen molar-refractivity contribution in [3.05, 3.63) is 35.9 Å². The molecule has 1 unspecified atom stereocenters. The zero-order valence-electron chi connectivity index (χ0n) is 10.0. The predicted octanol–water partition coefficient (Wildman–Crippen LogP) is 2.93. The quantitative estimate of drug-likeness (QED) is 0.360. The molecule has 0 saturated heterocycles. The number of nitrogens with zero attached hydrogens (tertiary/aromatic N) is 1. The standard InChI is InChI=1S/C12H13BrClNO3/c1-3-18-11(16)12(13,14)10(15-17-2)9-7-5-4-6-8-9/h4-8H,3H2,1-2H3/b15-10+. The number of halogens is 2. The maximum atomic E-state index is 11.8. The summed E-state index contributed by atoms with van der Waals surface area (Å²) in [5.41, 5.74) is 0.907. The van der Waals surface area contributed by atoms with Gasteiger partial charge >= 0.3 is 5.97 Å². The number of ether oxygens (including phenoxy) is 1. The Bertz CT molecular complexity index is 434. The van der Waals surface area contributed by atoms with Gasteiger partial charge < -0.3 is 9.57 Å². The zero-order chi connectivity index (χ0) is 13.6. The summed E-state index contributed by atoms with van der Waals surface area (Å²) in [6, 6.07) is 9.02. The molecule has 6 heteroatoms. The Morgan fingerprint density at radius 1 is 1.44 bits per heavy atom. The average molecular weight is 335 g/mol. The SMILES string of the molecule is CCOC(=O)C(Cl)(Br)/C(=N/OC)c1ccccc1. The van der Waals surface area contributed by atoms with Crippen molar-refractivity contribution in [2.75, 3.05) is 13.7 Å². The van der Waals surface area contributed by atoms with E-state index in [1.54, 1.807) is 19.1 Å². The minimum Gasteiger partial charge on any atom is -0.464 e. The first-order chi connectivity index (χ1) is 8.54. The van der Waals surface area contributed by atoms with Crippen LogP contribution in [0.2, 0.25) is 0 Å². The second-order valence-electron chi connectivity index (χ2n) is 3.28. The molecule has 0 aromatic heterocycles. The largest absolute Gasteiger partial charge is 0.464 e. The fraction of sp³-hybridized carbons (Fsp3) is 0.333. The maximum absolute atomic E-state index is 11.8. The number of carbonyl (C=O) groups is 1. The van der Waals surface area contributed by atoms with E-state index in [0.717, 1.165) is 0 Å². The van der Waals surface area contributed by atoms with E-state index in [1.807, 2.05) is 18.2 Å². The second-order valence-corrected chi connectivity index (χ2v) is 5.50. The Morgan fingerprint density at radius 3 is 2.56 bits per heavy atom. The molecule has 0 aliphatic rings. The monoisotopic (exact) mass is 333 g/mol. The number of oxime groups is 1. The van der Waals surface area contributed by atoms with Crippen LogP contribution in [-0.4, -0.2) is 29.2 Å². The summed E-state index contributed by atoms with van der Waals surface area (Å²) >= 11 is 9.31. The number of esters is 1. The highest BCUT2D eigenvalue weighted by Gasteiger charge is 2.42. The van der Waals surface area contributed by atoms with Crippen LogP contribution in [0.4, 0.5) is 0 Å². The van der Waals surface area contributed by atoms with Gasteiger partial charge in [-0.1, -0.05) is 47.1 Å². The van der Waals surface area contributed by atoms with Gasteiger partial charge in [-0.05, 0) is 22.9 Å². The predicted molar refractivity (Wildman–Crippen MR) is 74.1 cm³/mol. The maximum Gasteiger partial charge on any atom is 0.344 e. The van der Waals surface area contributed by atoms with Crippen LogP contribution in [0.1, 0.15) is 12.5 Å². The van der Waals surface area contributed by atoms with Crippen LogP contribution in [-0.2, 0) is 14.4 Å². The molecule has 98 valence electrons. The lowest BCUT2D eigenvalue weighted by molar-refractivity contribution is -0.141. The normalized spacial score (nSPS) is 14.8. The van der Waals surface area contributed by atoms with E-state index in [9.17, 15) is 4.79 Å². The number of hydrogen-bond acceptors (Lipinski definition) is 4. The lowest BCUT2D eigenvalue weighted by Crippen LogP contribution is -2.37. The Balaban J connectivity index is 3.14. The van der Waals surface area contributed by atoms with Crippen LogP contribution in [0.3, 0.4) is 0 Å². The molecule has 18 heavy (non-hydrogen) atoms. The molecular weight excluding hydrogens is 321 g/mol. The van der Waals surface area contributed by atoms with Crippen molar-refractivity contribution in [2.45, 2.75) is 10.7 Å². The Kier molecular flexibility index (Phi) is 5.62. The van der Waals surface area contributed by atoms with Crippen molar-refractivity contribution in [3.63, 3.8) is 0 Å². The Labute approximate surface area is 119 Å². The van der Waals surface area contributed by atoms with Gasteiger partial charge in [0.25, 0.3) is 0 Å². The molecular formula is C12H13BrClNO3. The van der Waals surface area contributed by atoms with Crippen molar-refractivity contribution in [2.24, 2.45) is 5.16 Å². The fourth-order valence-electron chi connectivity index (χ4n) is 1.30. The summed E-state index contributed by atoms with van der Waals surface area (Å²) in [6.45, 7) is 1.93. The molecule has 1 aromatic carbocycles. The van der Waals surface area contributed by atoms with Crippen molar-refractivity contribution >= 4 is 39.2 Å². The van der Waals surface area contributed by atoms with Crippen LogP contribution >= 0.6 is 27.5 Å². The van der Waals surface area contributed by atoms with Gasteiger partial charge in [-0.15, -0.1) is 0 Å². The van der Waals surface area contributed by atoms with Gasteiger partial charge in [0.15, 0.2) is 0 Å². The third-order valence-corrected chi connectivity index (χ3v) is 3.09. The summed E-state index contributed by atoms with van der Waals surface area (Å²) < 4.78 is 3.33. The van der Waals surface area contributed by atoms with Gasteiger partial charge in [0, 0.05) is 5.56 Å². The van der Waals surface area contributed by atoms with Crippen molar-refractivity contribution in [1.29, 1.82) is 0 Å². The van der Waals surface area contributed by atoms with E-state index in [-0.39, 0.29) is 12.3 Å². The summed E-state index contributed by atoms with van der Waals surface area (Å²) in [5.74, 6) is -0.633. The van der Waals surface area contributed by atoms with Gasteiger partial charge in [0.1, 0.15) is 12.8 Å². The first-order valence-electron chi connectivity index (χ1n) is 5.26. The van der Waals surface area contributed by atoms with Crippen molar-refractivity contribution < 1.29 is 14.4 Å². The summed E-state index contributed by atoms with van der Waals surface area (Å²) in [5, 5.41) is 3.81. The lowest BCUT2D eigenvalue weighted by atomic mass is 10.1. The van der Waals surface area contributed by atoms with Gasteiger partial charge in [0.05, 0.1) is 6.61 Å². The highest BCUT2D eigenvalue weighted by atomic mass is 79.9. The topological polar surface area (TPSA) is 47.9 Å². The van der Waals surface area contributed by atoms with Gasteiger partial charge in [-0.3, -0.25) is 0 Å². The molecule has 1 rings (SSSR count). The first-order valence-corrected chi connectivity index (χ1v) is 6.43. The van der Waals surface area contributed by atoms with E-state index < -0.39 is 9.75 Å². The van der Waals surface area contributed by atoms with Gasteiger partial charge in [-0.2, -0.15) is 0 Å². The fourth-order valence-corrected chi connectivity index (χ4v) is 1.91. The van der Waals surface area contributed by atoms with Gasteiger partial charge in [0.2, 0.25) is 3.78 Å². The Hall–Kier alpha value is -1.07. The van der Waals surface area contributed by atoms with E-state index in [2.05, 4.69) is 21.1 Å². The third kappa shape index (κ3) is 3.46. The average Bonchev–Trinajstić information content (AvgIpc) is 2.37. The van der Waals surface area contributed by atoms with E-state index >= 15 is 0 Å². The molecule has 0 aliphatic heterocycles. The second kappa shape index (κ2) is 6.75. The Morgan fingerprint density at radius 2 is 2.06 bits per heavy atom. The summed E-state index contributed by atoms with van der Waals surface area (Å²) in [4.78, 5) is 16.6. The van der Waals surface area contributed by atoms with Crippen LogP contribution < -0.4 is 0 Å². The molecule has 0 N–H and O–H groups in total. The van der Waals surface area contributed by atoms with E-state index in [0.29, 0.717) is 5.56 Å². The number of rotatable bonds is 5. The van der Waals surface area contributed by atoms with Gasteiger partial charge in [-0.25, -0.2) is 4.79 Å². The molecule has 0 amide bonds. The zero-order valence-corrected chi connectivity index (χ0v) is 12.4. The molecule has 0 saturated carbocycles. The van der Waals surface area contributed by atoms with Crippen LogP contribution in [0.15, 0.2) is 35.5 Å². The minimum absolute atomic E-state index is 0.230. The number of carbonyl (C=O) groups excluding carboxylic acids is 1. The van der Waals surface area contributed by atoms with Crippen molar-refractivity contribution in [3.8, 4) is 0 Å². The molecule has 0 spiro atoms. The molecule has 1 atom stereocenters. The molecule has 0 aliphatic carbocycles. The highest BCUT2D eigenvalue weighted by molar-refractivity contribution is 9.11. The van der Waals surface area contributed by atoms with Crippen LogP contribution in [0.5, 0.6) is 0 Å². The van der Waals surface area contributed by atoms with Crippen LogP contribution in [0, 0.1) is 0 Å². The smallest absolute Gasteiger partial charge is 0.344 e. The molecule has 4 nitrogen and oxygen atoms in total. The lowest BCUT2D eigenvalue weighted by Gasteiger charge is -2.19. The number of alkyl halides is 2. The van der Waals surface area contributed by atoms with Crippen molar-refractivity contribution in [1.82, 2.24) is 0 Å². The highest BCUT2D eigenvalue weighted by Crippen LogP contribution is 2.31. The van der Waals surface area contributed by atoms with Crippen LogP contribution in [0.25, 0.3) is 0 Å². The first kappa shape index (κ1) is 15.0. The summed E-state index contributed by atoms with van der Waals surface area (Å²) in [6.07, 6.45) is 0. The number of benzene rings is 1. The molecule has 0 bridgehead atoms. The van der Waals surface area contributed by atoms with E-state index in [1.165, 1.54) is 7.11 Å².